The van der Waals surface area contributed by atoms with Gasteiger partial charge < -0.3 is 0 Å². The molecule has 2 rings (SSSR count). The lowest BCUT2D eigenvalue weighted by molar-refractivity contribution is 0.488. The monoisotopic (exact) mass is 314 g/mol. The largest absolute Gasteiger partial charge is 0.296 e. The van der Waals surface area contributed by atoms with Gasteiger partial charge in [0.15, 0.2) is 5.82 Å². The normalized spacial score (nSPS) is 12.1. The standard InChI is InChI=1S/C12H15ClN4O2S/c1-8(2)7-17-11(10-6-4-5-9(3)14-10)15-16-12(17)20(13,18)19/h4-6,8H,7H2,1-3H3. The van der Waals surface area contributed by atoms with Crippen LogP contribution in [0.4, 0.5) is 0 Å². The first-order valence-corrected chi connectivity index (χ1v) is 8.42. The van der Waals surface area contributed by atoms with Gasteiger partial charge in [0.25, 0.3) is 14.2 Å². The van der Waals surface area contributed by atoms with E-state index in [4.69, 9.17) is 10.7 Å². The van der Waals surface area contributed by atoms with Crippen LogP contribution < -0.4 is 0 Å². The van der Waals surface area contributed by atoms with E-state index in [1.54, 1.807) is 6.07 Å². The smallest absolute Gasteiger partial charge is 0.295 e. The van der Waals surface area contributed by atoms with Crippen LogP contribution in [-0.4, -0.2) is 28.2 Å². The lowest BCUT2D eigenvalue weighted by Crippen LogP contribution is -2.12. The fourth-order valence-electron chi connectivity index (χ4n) is 1.86. The summed E-state index contributed by atoms with van der Waals surface area (Å²) in [6.07, 6.45) is 0. The zero-order valence-corrected chi connectivity index (χ0v) is 13.0. The second kappa shape index (κ2) is 5.49. The molecule has 2 aromatic heterocycles. The van der Waals surface area contributed by atoms with Crippen molar-refractivity contribution in [2.75, 3.05) is 0 Å². The third-order valence-corrected chi connectivity index (χ3v) is 3.75. The van der Waals surface area contributed by atoms with Crippen LogP contribution in [0.5, 0.6) is 0 Å². The Labute approximate surface area is 122 Å². The average molecular weight is 315 g/mol. The lowest BCUT2D eigenvalue weighted by atomic mass is 10.2. The Balaban J connectivity index is 2.62. The number of nitrogens with zero attached hydrogens (tertiary/aromatic N) is 4. The molecule has 0 aliphatic heterocycles. The average Bonchev–Trinajstić information content (AvgIpc) is 2.71. The zero-order valence-electron chi connectivity index (χ0n) is 11.4. The first-order chi connectivity index (χ1) is 9.29. The molecule has 6 nitrogen and oxygen atoms in total. The Hall–Kier alpha value is -1.47. The zero-order chi connectivity index (χ0) is 14.9. The van der Waals surface area contributed by atoms with Gasteiger partial charge in [0.2, 0.25) is 0 Å². The van der Waals surface area contributed by atoms with Gasteiger partial charge in [0.1, 0.15) is 5.69 Å². The van der Waals surface area contributed by atoms with Gasteiger partial charge in [-0.05, 0) is 25.0 Å². The summed E-state index contributed by atoms with van der Waals surface area (Å²) >= 11 is 0. The quantitative estimate of drug-likeness (QED) is 0.809. The van der Waals surface area contributed by atoms with Gasteiger partial charge in [0, 0.05) is 22.9 Å². The van der Waals surface area contributed by atoms with Gasteiger partial charge in [0.05, 0.1) is 0 Å². The van der Waals surface area contributed by atoms with Crippen LogP contribution in [0.25, 0.3) is 11.5 Å². The molecule has 0 amide bonds. The van der Waals surface area contributed by atoms with E-state index < -0.39 is 9.05 Å². The van der Waals surface area contributed by atoms with Crippen LogP contribution in [0.2, 0.25) is 0 Å². The first kappa shape index (κ1) is 14.9. The van der Waals surface area contributed by atoms with Crippen molar-refractivity contribution < 1.29 is 8.42 Å². The minimum atomic E-state index is -3.94. The second-order valence-corrected chi connectivity index (χ2v) is 7.37. The van der Waals surface area contributed by atoms with E-state index in [0.29, 0.717) is 18.1 Å². The Morgan fingerprint density at radius 3 is 2.55 bits per heavy atom. The Morgan fingerprint density at radius 1 is 1.30 bits per heavy atom. The van der Waals surface area contributed by atoms with Crippen molar-refractivity contribution in [2.24, 2.45) is 5.92 Å². The summed E-state index contributed by atoms with van der Waals surface area (Å²) < 4.78 is 24.6. The molecule has 8 heteroatoms. The topological polar surface area (TPSA) is 77.7 Å². The molecule has 0 N–H and O–H groups in total. The highest BCUT2D eigenvalue weighted by atomic mass is 35.7. The number of halogens is 1. The second-order valence-electron chi connectivity index (χ2n) is 4.91. The van der Waals surface area contributed by atoms with E-state index in [2.05, 4.69) is 15.2 Å². The van der Waals surface area contributed by atoms with Crippen molar-refractivity contribution in [3.05, 3.63) is 23.9 Å². The fraction of sp³-hybridized carbons (Fsp3) is 0.417. The maximum atomic E-state index is 11.6. The highest BCUT2D eigenvalue weighted by Crippen LogP contribution is 2.22. The summed E-state index contributed by atoms with van der Waals surface area (Å²) in [5.74, 6) is 0.619. The summed E-state index contributed by atoms with van der Waals surface area (Å²) in [4.78, 5) is 4.35. The van der Waals surface area contributed by atoms with Crippen LogP contribution in [0.1, 0.15) is 19.5 Å². The minimum absolute atomic E-state index is 0.215. The van der Waals surface area contributed by atoms with Crippen molar-refractivity contribution in [3.63, 3.8) is 0 Å². The third-order valence-electron chi connectivity index (χ3n) is 2.60. The van der Waals surface area contributed by atoms with Crippen LogP contribution in [0.3, 0.4) is 0 Å². The van der Waals surface area contributed by atoms with E-state index in [9.17, 15) is 8.42 Å². The highest BCUT2D eigenvalue weighted by Gasteiger charge is 2.24. The van der Waals surface area contributed by atoms with E-state index in [0.717, 1.165) is 5.69 Å². The summed E-state index contributed by atoms with van der Waals surface area (Å²) in [7, 11) is 1.47. The van der Waals surface area contributed by atoms with Gasteiger partial charge in [-0.15, -0.1) is 10.2 Å². The number of aromatic nitrogens is 4. The van der Waals surface area contributed by atoms with Crippen LogP contribution in [-0.2, 0) is 15.6 Å². The Bertz CT molecular complexity index is 725. The number of pyridine rings is 1. The number of hydrogen-bond acceptors (Lipinski definition) is 5. The maximum Gasteiger partial charge on any atom is 0.296 e. The Kier molecular flexibility index (Phi) is 4.10. The molecule has 0 spiro atoms. The van der Waals surface area contributed by atoms with Gasteiger partial charge in [-0.3, -0.25) is 4.57 Å². The van der Waals surface area contributed by atoms with Crippen molar-refractivity contribution in [2.45, 2.75) is 32.5 Å². The van der Waals surface area contributed by atoms with E-state index in [1.165, 1.54) is 4.57 Å². The minimum Gasteiger partial charge on any atom is -0.295 e. The Morgan fingerprint density at radius 2 is 2.00 bits per heavy atom. The summed E-state index contributed by atoms with van der Waals surface area (Å²) in [5, 5.41) is 7.39. The highest BCUT2D eigenvalue weighted by molar-refractivity contribution is 8.13. The molecule has 0 radical (unpaired) electrons. The first-order valence-electron chi connectivity index (χ1n) is 6.11. The predicted molar refractivity (Wildman–Crippen MR) is 75.9 cm³/mol. The molecule has 0 saturated heterocycles. The van der Waals surface area contributed by atoms with Gasteiger partial charge in [-0.1, -0.05) is 19.9 Å². The molecule has 0 aliphatic carbocycles. The van der Waals surface area contributed by atoms with E-state index in [1.807, 2.05) is 32.9 Å². The SMILES string of the molecule is Cc1cccc(-c2nnc(S(=O)(=O)Cl)n2CC(C)C)n1. The molecule has 2 heterocycles. The number of hydrogen-bond donors (Lipinski definition) is 0. The molecule has 0 atom stereocenters. The van der Waals surface area contributed by atoms with E-state index >= 15 is 0 Å². The molecule has 0 bridgehead atoms. The third kappa shape index (κ3) is 3.16. The van der Waals surface area contributed by atoms with Crippen molar-refractivity contribution in [3.8, 4) is 11.5 Å². The van der Waals surface area contributed by atoms with Crippen LogP contribution in [0, 0.1) is 12.8 Å². The van der Waals surface area contributed by atoms with E-state index in [-0.39, 0.29) is 11.1 Å². The van der Waals surface area contributed by atoms with Crippen molar-refractivity contribution in [1.29, 1.82) is 0 Å². The summed E-state index contributed by atoms with van der Waals surface area (Å²) in [6, 6.07) is 5.45. The van der Waals surface area contributed by atoms with Crippen molar-refractivity contribution in [1.82, 2.24) is 19.7 Å². The summed E-state index contributed by atoms with van der Waals surface area (Å²) in [5.41, 5.74) is 1.39. The summed E-state index contributed by atoms with van der Waals surface area (Å²) in [6.45, 7) is 6.24. The lowest BCUT2D eigenvalue weighted by Gasteiger charge is -2.11. The molecule has 2 aromatic rings. The molecular formula is C12H15ClN4O2S. The molecule has 0 unspecified atom stereocenters. The van der Waals surface area contributed by atoms with Gasteiger partial charge in [-0.2, -0.15) is 0 Å². The molecule has 0 fully saturated rings. The van der Waals surface area contributed by atoms with Crippen LogP contribution >= 0.6 is 10.7 Å². The fourth-order valence-corrected chi connectivity index (χ4v) is 2.76. The number of aryl methyl sites for hydroxylation is 1. The molecule has 0 aromatic carbocycles. The predicted octanol–water partition coefficient (Wildman–Crippen LogP) is 2.23. The molecule has 108 valence electrons. The van der Waals surface area contributed by atoms with Crippen molar-refractivity contribution >= 4 is 19.7 Å². The van der Waals surface area contributed by atoms with Gasteiger partial charge >= 0.3 is 0 Å². The molecule has 0 saturated carbocycles. The van der Waals surface area contributed by atoms with Crippen LogP contribution in [0.15, 0.2) is 23.4 Å². The number of rotatable bonds is 4. The molecule has 20 heavy (non-hydrogen) atoms. The molecule has 0 aliphatic rings. The molecular weight excluding hydrogens is 300 g/mol. The maximum absolute atomic E-state index is 11.6. The van der Waals surface area contributed by atoms with Gasteiger partial charge in [-0.25, -0.2) is 13.4 Å².